The molecule has 0 aliphatic rings. The van der Waals surface area contributed by atoms with E-state index in [1.165, 1.54) is 6.92 Å². The molecule has 0 heterocycles. The summed E-state index contributed by atoms with van der Waals surface area (Å²) in [5.41, 5.74) is -2.69. The number of aliphatic hydroxyl groups excluding tert-OH is 1. The molecule has 0 aromatic carbocycles. The van der Waals surface area contributed by atoms with Gasteiger partial charge < -0.3 is 9.53 Å². The molecule has 16 heavy (non-hydrogen) atoms. The van der Waals surface area contributed by atoms with Gasteiger partial charge in [-0.1, -0.05) is 20.8 Å². The number of hydrogen-bond donors (Lipinski definition) is 1. The molecular weight excluding hydrogens is 223 g/mol. The van der Waals surface area contributed by atoms with Gasteiger partial charge in [-0.05, 0) is 38.9 Å². The van der Waals surface area contributed by atoms with Crippen molar-refractivity contribution in [3.63, 3.8) is 0 Å². The van der Waals surface area contributed by atoms with Crippen LogP contribution in [-0.4, -0.2) is 31.3 Å². The predicted molar refractivity (Wildman–Crippen MR) is 69.0 cm³/mol. The highest BCUT2D eigenvalue weighted by atomic mass is 28.4. The molecule has 98 valence electrons. The van der Waals surface area contributed by atoms with Crippen LogP contribution in [0.5, 0.6) is 0 Å². The van der Waals surface area contributed by atoms with Crippen molar-refractivity contribution in [2.45, 2.75) is 70.9 Å². The highest BCUT2D eigenvalue weighted by Crippen LogP contribution is 2.42. The van der Waals surface area contributed by atoms with Crippen LogP contribution in [0.2, 0.25) is 18.1 Å². The SMILES string of the molecule is CC(F)(CO)C(C)(C)O[Si](C)(C)C(C)(C)C. The molecule has 0 amide bonds. The molecule has 0 rings (SSSR count). The van der Waals surface area contributed by atoms with E-state index in [1.807, 2.05) is 0 Å². The van der Waals surface area contributed by atoms with Gasteiger partial charge in [-0.25, -0.2) is 4.39 Å². The van der Waals surface area contributed by atoms with Gasteiger partial charge >= 0.3 is 0 Å². The molecule has 0 saturated carbocycles. The Kier molecular flexibility index (Phi) is 4.41. The van der Waals surface area contributed by atoms with Crippen LogP contribution in [0.4, 0.5) is 4.39 Å². The van der Waals surface area contributed by atoms with Gasteiger partial charge in [-0.2, -0.15) is 0 Å². The molecule has 0 aliphatic carbocycles. The van der Waals surface area contributed by atoms with E-state index in [9.17, 15) is 4.39 Å². The van der Waals surface area contributed by atoms with Gasteiger partial charge in [0.2, 0.25) is 0 Å². The van der Waals surface area contributed by atoms with Crippen molar-refractivity contribution < 1.29 is 13.9 Å². The predicted octanol–water partition coefficient (Wildman–Crippen LogP) is 3.51. The smallest absolute Gasteiger partial charge is 0.192 e. The highest BCUT2D eigenvalue weighted by molar-refractivity contribution is 6.74. The van der Waals surface area contributed by atoms with Crippen LogP contribution in [0.15, 0.2) is 0 Å². The minimum Gasteiger partial charge on any atom is -0.409 e. The first-order valence-electron chi connectivity index (χ1n) is 5.77. The van der Waals surface area contributed by atoms with Crippen LogP contribution < -0.4 is 0 Å². The van der Waals surface area contributed by atoms with Crippen molar-refractivity contribution >= 4 is 8.32 Å². The Morgan fingerprint density at radius 3 is 1.69 bits per heavy atom. The average Bonchev–Trinajstić information content (AvgIpc) is 1.99. The number of aliphatic hydroxyl groups is 1. The van der Waals surface area contributed by atoms with E-state index in [1.54, 1.807) is 13.8 Å². The van der Waals surface area contributed by atoms with Gasteiger partial charge in [-0.3, -0.25) is 0 Å². The molecule has 2 nitrogen and oxygen atoms in total. The topological polar surface area (TPSA) is 29.5 Å². The zero-order chi connectivity index (χ0) is 13.4. The van der Waals surface area contributed by atoms with Crippen LogP contribution in [0.25, 0.3) is 0 Å². The van der Waals surface area contributed by atoms with Crippen molar-refractivity contribution in [2.75, 3.05) is 6.61 Å². The van der Waals surface area contributed by atoms with Crippen molar-refractivity contribution in [1.82, 2.24) is 0 Å². The van der Waals surface area contributed by atoms with Gasteiger partial charge in [0.15, 0.2) is 14.0 Å². The molecule has 0 fully saturated rings. The summed E-state index contributed by atoms with van der Waals surface area (Å²) in [6, 6.07) is 0. The third kappa shape index (κ3) is 3.28. The number of alkyl halides is 1. The number of halogens is 1. The van der Waals surface area contributed by atoms with E-state index in [0.29, 0.717) is 0 Å². The van der Waals surface area contributed by atoms with E-state index < -0.39 is 26.2 Å². The summed E-state index contributed by atoms with van der Waals surface area (Å²) in [5.74, 6) is 0. The summed E-state index contributed by atoms with van der Waals surface area (Å²) in [7, 11) is -2.02. The van der Waals surface area contributed by atoms with E-state index >= 15 is 0 Å². The van der Waals surface area contributed by atoms with E-state index in [4.69, 9.17) is 9.53 Å². The first-order chi connectivity index (χ1) is 6.77. The lowest BCUT2D eigenvalue weighted by molar-refractivity contribution is -0.0831. The molecule has 0 bridgehead atoms. The minimum absolute atomic E-state index is 0.0375. The fourth-order valence-electron chi connectivity index (χ4n) is 1.09. The second-order valence-electron chi connectivity index (χ2n) is 6.73. The second kappa shape index (κ2) is 4.39. The van der Waals surface area contributed by atoms with Crippen molar-refractivity contribution in [2.24, 2.45) is 0 Å². The monoisotopic (exact) mass is 250 g/mol. The quantitative estimate of drug-likeness (QED) is 0.774. The average molecular weight is 250 g/mol. The molecule has 0 saturated heterocycles. The van der Waals surface area contributed by atoms with Gasteiger partial charge in [0, 0.05) is 0 Å². The second-order valence-corrected chi connectivity index (χ2v) is 11.5. The van der Waals surface area contributed by atoms with Crippen LogP contribution in [0, 0.1) is 0 Å². The van der Waals surface area contributed by atoms with Gasteiger partial charge in [0.25, 0.3) is 0 Å². The Morgan fingerprint density at radius 1 is 1.06 bits per heavy atom. The van der Waals surface area contributed by atoms with Crippen LogP contribution in [-0.2, 0) is 4.43 Å². The van der Waals surface area contributed by atoms with Crippen molar-refractivity contribution in [3.05, 3.63) is 0 Å². The normalized spacial score (nSPS) is 18.4. The molecule has 4 heteroatoms. The third-order valence-corrected chi connectivity index (χ3v) is 8.50. The standard InChI is InChI=1S/C12H27FO2Si/c1-10(2,3)16(7,8)15-11(4,5)12(6,13)9-14/h14H,9H2,1-8H3. The van der Waals surface area contributed by atoms with Gasteiger partial charge in [-0.15, -0.1) is 0 Å². The molecule has 0 radical (unpaired) electrons. The lowest BCUT2D eigenvalue weighted by atomic mass is 9.91. The first-order valence-corrected chi connectivity index (χ1v) is 8.68. The third-order valence-electron chi connectivity index (χ3n) is 3.87. The maximum absolute atomic E-state index is 14.2. The summed E-state index contributed by atoms with van der Waals surface area (Å²) in [5, 5.41) is 9.13. The maximum Gasteiger partial charge on any atom is 0.192 e. The summed E-state index contributed by atoms with van der Waals surface area (Å²) >= 11 is 0. The molecule has 1 N–H and O–H groups in total. The zero-order valence-electron chi connectivity index (χ0n) is 11.9. The zero-order valence-corrected chi connectivity index (χ0v) is 12.9. The Morgan fingerprint density at radius 2 is 1.44 bits per heavy atom. The minimum atomic E-state index is -2.02. The summed E-state index contributed by atoms with van der Waals surface area (Å²) in [6.07, 6.45) is 0. The van der Waals surface area contributed by atoms with E-state index in [-0.39, 0.29) is 5.04 Å². The maximum atomic E-state index is 14.2. The van der Waals surface area contributed by atoms with Crippen LogP contribution in [0.3, 0.4) is 0 Å². The van der Waals surface area contributed by atoms with Crippen LogP contribution in [0.1, 0.15) is 41.5 Å². The Bertz CT molecular complexity index is 242. The fourth-order valence-corrected chi connectivity index (χ4v) is 2.88. The number of hydrogen-bond acceptors (Lipinski definition) is 2. The molecule has 0 aromatic rings. The highest BCUT2D eigenvalue weighted by Gasteiger charge is 2.49. The Labute approximate surface area is 100 Å². The van der Waals surface area contributed by atoms with Crippen molar-refractivity contribution in [3.8, 4) is 0 Å². The van der Waals surface area contributed by atoms with Gasteiger partial charge in [0.1, 0.15) is 0 Å². The summed E-state index contributed by atoms with van der Waals surface area (Å²) in [6.45, 7) is 14.8. The van der Waals surface area contributed by atoms with E-state index in [0.717, 1.165) is 0 Å². The lowest BCUT2D eigenvalue weighted by Crippen LogP contribution is -2.56. The summed E-state index contributed by atoms with van der Waals surface area (Å²) in [4.78, 5) is 0. The largest absolute Gasteiger partial charge is 0.409 e. The van der Waals surface area contributed by atoms with Gasteiger partial charge in [0.05, 0.1) is 12.2 Å². The molecule has 0 spiro atoms. The van der Waals surface area contributed by atoms with E-state index in [2.05, 4.69) is 33.9 Å². The molecule has 0 aliphatic heterocycles. The fraction of sp³-hybridized carbons (Fsp3) is 1.00. The Hall–Kier alpha value is 0.0669. The molecule has 1 unspecified atom stereocenters. The first kappa shape index (κ1) is 16.1. The molecule has 0 aromatic heterocycles. The number of rotatable bonds is 4. The van der Waals surface area contributed by atoms with Crippen molar-refractivity contribution in [1.29, 1.82) is 0 Å². The van der Waals surface area contributed by atoms with Crippen LogP contribution >= 0.6 is 0 Å². The molecule has 1 atom stereocenters. The summed E-state index contributed by atoms with van der Waals surface area (Å²) < 4.78 is 20.2. The lowest BCUT2D eigenvalue weighted by Gasteiger charge is -2.46. The Balaban J connectivity index is 4.99. The molecular formula is C12H27FO2Si.